The van der Waals surface area contributed by atoms with Crippen molar-refractivity contribution in [2.75, 3.05) is 5.32 Å². The van der Waals surface area contributed by atoms with Crippen LogP contribution >= 0.6 is 0 Å². The Morgan fingerprint density at radius 3 is 2.41 bits per heavy atom. The summed E-state index contributed by atoms with van der Waals surface area (Å²) in [6.07, 6.45) is 4.26. The first-order valence-corrected chi connectivity index (χ1v) is 9.88. The van der Waals surface area contributed by atoms with Crippen molar-refractivity contribution < 1.29 is 17.6 Å². The molecule has 0 aliphatic rings. The van der Waals surface area contributed by atoms with Crippen LogP contribution in [0.15, 0.2) is 71.8 Å². The summed E-state index contributed by atoms with van der Waals surface area (Å²) in [5.74, 6) is -0.918. The van der Waals surface area contributed by atoms with E-state index in [-0.39, 0.29) is 16.7 Å². The van der Waals surface area contributed by atoms with Crippen LogP contribution in [-0.2, 0) is 14.8 Å². The molecular formula is C20H16FN4O3S-. The Bertz CT molecular complexity index is 1150. The van der Waals surface area contributed by atoms with Crippen molar-refractivity contribution >= 4 is 33.6 Å². The monoisotopic (exact) mass is 411 g/mol. The number of halogens is 1. The van der Waals surface area contributed by atoms with Gasteiger partial charge in [0.1, 0.15) is 5.82 Å². The van der Waals surface area contributed by atoms with Gasteiger partial charge in [0.15, 0.2) is 0 Å². The number of nitrogens with one attached hydrogen (secondary N) is 1. The fourth-order valence-corrected chi connectivity index (χ4v) is 3.17. The van der Waals surface area contributed by atoms with Gasteiger partial charge < -0.3 is 15.3 Å². The van der Waals surface area contributed by atoms with Crippen LogP contribution in [0.5, 0.6) is 0 Å². The van der Waals surface area contributed by atoms with Gasteiger partial charge in [-0.3, -0.25) is 9.52 Å². The lowest BCUT2D eigenvalue weighted by atomic mass is 10.2. The van der Waals surface area contributed by atoms with Crippen molar-refractivity contribution in [3.8, 4) is 0 Å². The van der Waals surface area contributed by atoms with E-state index in [0.717, 1.165) is 0 Å². The molecule has 7 nitrogen and oxygen atoms in total. The highest BCUT2D eigenvalue weighted by Crippen LogP contribution is 2.25. The Balaban J connectivity index is 1.64. The van der Waals surface area contributed by atoms with Crippen LogP contribution in [0.25, 0.3) is 10.8 Å². The molecule has 3 aromatic rings. The molecule has 0 fully saturated rings. The number of aryl methyl sites for hydroxylation is 1. The number of hydrogen-bond acceptors (Lipinski definition) is 5. The van der Waals surface area contributed by atoms with Gasteiger partial charge in [-0.2, -0.15) is 0 Å². The van der Waals surface area contributed by atoms with E-state index in [9.17, 15) is 17.6 Å². The quantitative estimate of drug-likeness (QED) is 0.618. The van der Waals surface area contributed by atoms with Crippen LogP contribution in [0.3, 0.4) is 0 Å². The maximum Gasteiger partial charge on any atom is 0.248 e. The Hall–Kier alpha value is -3.59. The summed E-state index contributed by atoms with van der Waals surface area (Å²) >= 11 is 0. The second-order valence-corrected chi connectivity index (χ2v) is 7.57. The average molecular weight is 411 g/mol. The molecule has 29 heavy (non-hydrogen) atoms. The van der Waals surface area contributed by atoms with Gasteiger partial charge in [-0.05, 0) is 66.9 Å². The van der Waals surface area contributed by atoms with Crippen LogP contribution in [0, 0.1) is 12.7 Å². The minimum atomic E-state index is -3.98. The zero-order valence-electron chi connectivity index (χ0n) is 15.3. The molecule has 3 rings (SSSR count). The minimum absolute atomic E-state index is 0.0533. The van der Waals surface area contributed by atoms with E-state index in [1.807, 2.05) is 0 Å². The molecule has 0 radical (unpaired) electrons. The predicted molar refractivity (Wildman–Crippen MR) is 107 cm³/mol. The summed E-state index contributed by atoms with van der Waals surface area (Å²) < 4.78 is 41.2. The molecule has 0 bridgehead atoms. The minimum Gasteiger partial charge on any atom is -0.366 e. The molecule has 0 saturated heterocycles. The molecule has 0 spiro atoms. The lowest BCUT2D eigenvalue weighted by Crippen LogP contribution is -2.08. The van der Waals surface area contributed by atoms with Crippen molar-refractivity contribution in [3.63, 3.8) is 0 Å². The number of amides is 1. The summed E-state index contributed by atoms with van der Waals surface area (Å²) in [6, 6.07) is 12.9. The first kappa shape index (κ1) is 20.2. The highest BCUT2D eigenvalue weighted by atomic mass is 32.2. The second kappa shape index (κ2) is 8.61. The zero-order valence-corrected chi connectivity index (χ0v) is 16.1. The van der Waals surface area contributed by atoms with E-state index < -0.39 is 15.9 Å². The maximum absolute atomic E-state index is 12.9. The lowest BCUT2D eigenvalue weighted by molar-refractivity contribution is -0.111. The second-order valence-electron chi connectivity index (χ2n) is 5.96. The van der Waals surface area contributed by atoms with E-state index in [1.54, 1.807) is 25.1 Å². The van der Waals surface area contributed by atoms with Crippen LogP contribution in [0.1, 0.15) is 11.3 Å². The molecule has 1 N–H and O–H groups in total. The molecule has 1 amide bonds. The van der Waals surface area contributed by atoms with Crippen LogP contribution in [0.2, 0.25) is 0 Å². The molecular weight excluding hydrogens is 395 g/mol. The van der Waals surface area contributed by atoms with Crippen molar-refractivity contribution in [1.82, 2.24) is 9.97 Å². The number of carbonyl (C=O) groups is 1. The van der Waals surface area contributed by atoms with Gasteiger partial charge in [0.2, 0.25) is 15.9 Å². The van der Waals surface area contributed by atoms with Crippen LogP contribution < -0.4 is 5.32 Å². The molecule has 148 valence electrons. The number of sulfonamides is 1. The van der Waals surface area contributed by atoms with Gasteiger partial charge >= 0.3 is 0 Å². The Kier molecular flexibility index (Phi) is 5.99. The third-order valence-corrected chi connectivity index (χ3v) is 4.97. The van der Waals surface area contributed by atoms with Crippen molar-refractivity contribution in [2.45, 2.75) is 11.8 Å². The standard InChI is InChI=1S/C20H17FN4O3S/c1-14-12-13-22-20(23-14)25-29(27,28)18-9-7-17(8-10-18)24-19(26)11-4-15-2-5-16(21)6-3-15/h2-13H,1H3,(H2,22,23,24,25,26)/p-1. The highest BCUT2D eigenvalue weighted by Gasteiger charge is 2.12. The third kappa shape index (κ3) is 5.69. The zero-order chi connectivity index (χ0) is 20.9. The maximum atomic E-state index is 12.9. The summed E-state index contributed by atoms with van der Waals surface area (Å²) in [4.78, 5) is 19.7. The van der Waals surface area contributed by atoms with E-state index in [0.29, 0.717) is 16.9 Å². The van der Waals surface area contributed by atoms with Crippen molar-refractivity contribution in [3.05, 3.63) is 88.7 Å². The Labute approximate surface area is 167 Å². The van der Waals surface area contributed by atoms with Gasteiger partial charge in [-0.25, -0.2) is 12.8 Å². The molecule has 0 saturated carbocycles. The van der Waals surface area contributed by atoms with Gasteiger partial charge in [0.05, 0.1) is 4.90 Å². The fourth-order valence-electron chi connectivity index (χ4n) is 2.28. The lowest BCUT2D eigenvalue weighted by Gasteiger charge is -2.13. The summed E-state index contributed by atoms with van der Waals surface area (Å²) in [7, 11) is -3.98. The molecule has 2 aromatic carbocycles. The van der Waals surface area contributed by atoms with Gasteiger partial charge in [0.25, 0.3) is 0 Å². The van der Waals surface area contributed by atoms with Gasteiger partial charge in [0, 0.05) is 17.7 Å². The first-order chi connectivity index (χ1) is 13.8. The van der Waals surface area contributed by atoms with E-state index in [2.05, 4.69) is 20.0 Å². The van der Waals surface area contributed by atoms with E-state index >= 15 is 0 Å². The molecule has 1 aromatic heterocycles. The number of rotatable bonds is 6. The topological polar surface area (TPSA) is 103 Å². The predicted octanol–water partition coefficient (Wildman–Crippen LogP) is 3.97. The Morgan fingerprint density at radius 1 is 1.07 bits per heavy atom. The van der Waals surface area contributed by atoms with Crippen LogP contribution in [-0.4, -0.2) is 24.3 Å². The number of aromatic nitrogens is 2. The summed E-state index contributed by atoms with van der Waals surface area (Å²) in [5.41, 5.74) is 1.67. The van der Waals surface area contributed by atoms with Gasteiger partial charge in [-0.15, -0.1) is 0 Å². The average Bonchev–Trinajstić information content (AvgIpc) is 2.68. The first-order valence-electron chi connectivity index (χ1n) is 8.44. The summed E-state index contributed by atoms with van der Waals surface area (Å²) in [5, 5.41) is 2.61. The molecule has 9 heteroatoms. The number of hydrogen-bond donors (Lipinski definition) is 1. The SMILES string of the molecule is Cc1ccnc([N-]S(=O)(=O)c2ccc(NC(=O)C=Cc3ccc(F)cc3)cc2)n1. The smallest absolute Gasteiger partial charge is 0.248 e. The largest absolute Gasteiger partial charge is 0.366 e. The van der Waals surface area contributed by atoms with E-state index in [4.69, 9.17) is 0 Å². The Morgan fingerprint density at radius 2 is 1.76 bits per heavy atom. The molecule has 0 aliphatic carbocycles. The number of anilines is 1. The molecule has 1 heterocycles. The summed E-state index contributed by atoms with van der Waals surface area (Å²) in [6.45, 7) is 1.70. The van der Waals surface area contributed by atoms with Gasteiger partial charge in [-0.1, -0.05) is 18.2 Å². The molecule has 0 atom stereocenters. The number of benzene rings is 2. The highest BCUT2D eigenvalue weighted by molar-refractivity contribution is 7.94. The number of nitrogens with zero attached hydrogens (tertiary/aromatic N) is 3. The third-order valence-electron chi connectivity index (χ3n) is 3.70. The normalized spacial score (nSPS) is 11.4. The fraction of sp³-hybridized carbons (Fsp3) is 0.0500. The van der Waals surface area contributed by atoms with Crippen molar-refractivity contribution in [1.29, 1.82) is 0 Å². The number of carbonyl (C=O) groups excluding carboxylic acids is 1. The van der Waals surface area contributed by atoms with Crippen molar-refractivity contribution in [2.24, 2.45) is 0 Å². The van der Waals surface area contributed by atoms with E-state index in [1.165, 1.54) is 54.7 Å². The molecule has 0 aliphatic heterocycles. The van der Waals surface area contributed by atoms with Crippen LogP contribution in [0.4, 0.5) is 16.0 Å². The molecule has 0 unspecified atom stereocenters.